The predicted octanol–water partition coefficient (Wildman–Crippen LogP) is 2.31. The predicted molar refractivity (Wildman–Crippen MR) is 88.4 cm³/mol. The quantitative estimate of drug-likeness (QED) is 0.630. The lowest BCUT2D eigenvalue weighted by molar-refractivity contribution is -0.123. The monoisotopic (exact) mass is 329 g/mol. The van der Waals surface area contributed by atoms with Crippen molar-refractivity contribution in [1.29, 1.82) is 0 Å². The molecule has 0 aliphatic carbocycles. The van der Waals surface area contributed by atoms with Gasteiger partial charge in [-0.15, -0.1) is 0 Å². The lowest BCUT2D eigenvalue weighted by Crippen LogP contribution is -2.24. The Hall–Kier alpha value is -3.22. The molecule has 124 valence electrons. The van der Waals surface area contributed by atoms with Crippen LogP contribution in [0.5, 0.6) is 5.75 Å². The first-order valence-electron chi connectivity index (χ1n) is 7.11. The van der Waals surface area contributed by atoms with E-state index < -0.39 is 11.7 Å². The van der Waals surface area contributed by atoms with E-state index in [1.807, 2.05) is 0 Å². The Labute approximate surface area is 138 Å². The fraction of sp³-hybridized carbons (Fsp3) is 0.118. The molecule has 0 unspecified atom stereocenters. The summed E-state index contributed by atoms with van der Waals surface area (Å²) < 4.78 is 18.4. The molecule has 0 aliphatic rings. The zero-order chi connectivity index (χ0) is 17.4. The number of benzene rings is 2. The summed E-state index contributed by atoms with van der Waals surface area (Å²) in [5, 5.41) is 6.42. The summed E-state index contributed by atoms with van der Waals surface area (Å²) in [7, 11) is 0. The Kier molecular flexibility index (Phi) is 6.01. The van der Waals surface area contributed by atoms with Crippen LogP contribution in [0.2, 0.25) is 0 Å². The fourth-order valence-electron chi connectivity index (χ4n) is 1.77. The number of ether oxygens (including phenoxy) is 1. The van der Waals surface area contributed by atoms with Crippen molar-refractivity contribution in [2.24, 2.45) is 5.10 Å². The van der Waals surface area contributed by atoms with E-state index >= 15 is 0 Å². The maximum Gasteiger partial charge on any atom is 0.277 e. The Morgan fingerprint density at radius 1 is 1.17 bits per heavy atom. The SMILES string of the molecule is CC(=O)Nc1ccc(/C=N\NC(=O)COc2ccccc2F)cc1. The number of hydrogen-bond acceptors (Lipinski definition) is 4. The molecule has 2 amide bonds. The number of nitrogens with one attached hydrogen (secondary N) is 2. The second-order valence-corrected chi connectivity index (χ2v) is 4.82. The van der Waals surface area contributed by atoms with E-state index in [1.165, 1.54) is 31.3 Å². The van der Waals surface area contributed by atoms with E-state index in [1.54, 1.807) is 30.3 Å². The van der Waals surface area contributed by atoms with Gasteiger partial charge in [0.15, 0.2) is 18.2 Å². The van der Waals surface area contributed by atoms with Gasteiger partial charge in [0.05, 0.1) is 6.21 Å². The van der Waals surface area contributed by atoms with E-state index in [4.69, 9.17) is 4.74 Å². The second kappa shape index (κ2) is 8.42. The highest BCUT2D eigenvalue weighted by molar-refractivity contribution is 5.89. The number of carbonyl (C=O) groups is 2. The van der Waals surface area contributed by atoms with Crippen molar-refractivity contribution in [3.8, 4) is 5.75 Å². The number of carbonyl (C=O) groups excluding carboxylic acids is 2. The Bertz CT molecular complexity index is 745. The van der Waals surface area contributed by atoms with E-state index in [9.17, 15) is 14.0 Å². The van der Waals surface area contributed by atoms with Crippen LogP contribution < -0.4 is 15.5 Å². The molecule has 0 fully saturated rings. The largest absolute Gasteiger partial charge is 0.481 e. The number of hydrogen-bond donors (Lipinski definition) is 2. The van der Waals surface area contributed by atoms with Crippen molar-refractivity contribution < 1.29 is 18.7 Å². The van der Waals surface area contributed by atoms with Gasteiger partial charge in [0, 0.05) is 12.6 Å². The summed E-state index contributed by atoms with van der Waals surface area (Å²) in [5.74, 6) is -1.19. The standard InChI is InChI=1S/C17H16FN3O3/c1-12(22)20-14-8-6-13(7-9-14)10-19-21-17(23)11-24-16-5-3-2-4-15(16)18/h2-10H,11H2,1H3,(H,20,22)(H,21,23)/b19-10-. The third kappa shape index (κ3) is 5.53. The normalized spacial score (nSPS) is 10.4. The summed E-state index contributed by atoms with van der Waals surface area (Å²) >= 11 is 0. The van der Waals surface area contributed by atoms with Crippen LogP contribution in [0.4, 0.5) is 10.1 Å². The molecule has 0 aliphatic heterocycles. The summed E-state index contributed by atoms with van der Waals surface area (Å²) in [6, 6.07) is 12.7. The van der Waals surface area contributed by atoms with Crippen molar-refractivity contribution in [2.75, 3.05) is 11.9 Å². The van der Waals surface area contributed by atoms with Crippen molar-refractivity contribution in [3.05, 3.63) is 59.9 Å². The van der Waals surface area contributed by atoms with Crippen LogP contribution in [-0.4, -0.2) is 24.6 Å². The molecule has 0 radical (unpaired) electrons. The van der Waals surface area contributed by atoms with Crippen molar-refractivity contribution in [2.45, 2.75) is 6.92 Å². The molecule has 2 N–H and O–H groups in total. The molecule has 24 heavy (non-hydrogen) atoms. The van der Waals surface area contributed by atoms with Crippen molar-refractivity contribution >= 4 is 23.7 Å². The number of rotatable bonds is 6. The van der Waals surface area contributed by atoms with Crippen molar-refractivity contribution in [1.82, 2.24) is 5.43 Å². The highest BCUT2D eigenvalue weighted by atomic mass is 19.1. The highest BCUT2D eigenvalue weighted by Gasteiger charge is 2.05. The molecule has 0 heterocycles. The van der Waals surface area contributed by atoms with Gasteiger partial charge in [0.25, 0.3) is 5.91 Å². The van der Waals surface area contributed by atoms with E-state index in [2.05, 4.69) is 15.8 Å². The minimum Gasteiger partial charge on any atom is -0.481 e. The van der Waals surface area contributed by atoms with E-state index in [0.29, 0.717) is 5.69 Å². The molecule has 0 aromatic heterocycles. The van der Waals surface area contributed by atoms with Crippen molar-refractivity contribution in [3.63, 3.8) is 0 Å². The number of anilines is 1. The molecule has 2 aromatic rings. The van der Waals surface area contributed by atoms with Gasteiger partial charge in [-0.25, -0.2) is 9.82 Å². The van der Waals surface area contributed by atoms with Gasteiger partial charge in [0.1, 0.15) is 0 Å². The van der Waals surface area contributed by atoms with Crippen LogP contribution in [0.15, 0.2) is 53.6 Å². The Morgan fingerprint density at radius 3 is 2.54 bits per heavy atom. The zero-order valence-corrected chi connectivity index (χ0v) is 13.0. The van der Waals surface area contributed by atoms with Gasteiger partial charge in [-0.2, -0.15) is 5.10 Å². The first kappa shape index (κ1) is 17.1. The van der Waals surface area contributed by atoms with Crippen LogP contribution in [0, 0.1) is 5.82 Å². The van der Waals surface area contributed by atoms with Crippen LogP contribution in [0.3, 0.4) is 0 Å². The number of hydrazone groups is 1. The van der Waals surface area contributed by atoms with Gasteiger partial charge in [0.2, 0.25) is 5.91 Å². The molecule has 0 atom stereocenters. The number of amides is 2. The number of para-hydroxylation sites is 1. The maximum atomic E-state index is 13.3. The van der Waals surface area contributed by atoms with Gasteiger partial charge >= 0.3 is 0 Å². The molecule has 0 saturated heterocycles. The topological polar surface area (TPSA) is 79.8 Å². The zero-order valence-electron chi connectivity index (χ0n) is 13.0. The Morgan fingerprint density at radius 2 is 1.88 bits per heavy atom. The lowest BCUT2D eigenvalue weighted by Gasteiger charge is -2.05. The number of nitrogens with zero attached hydrogens (tertiary/aromatic N) is 1. The van der Waals surface area contributed by atoms with Gasteiger partial charge in [-0.05, 0) is 29.8 Å². The average molecular weight is 329 g/mol. The molecular formula is C17H16FN3O3. The van der Waals surface area contributed by atoms with E-state index in [0.717, 1.165) is 5.56 Å². The Balaban J connectivity index is 1.79. The summed E-state index contributed by atoms with van der Waals surface area (Å²) in [6.07, 6.45) is 1.44. The van der Waals surface area contributed by atoms with Crippen LogP contribution >= 0.6 is 0 Å². The summed E-state index contributed by atoms with van der Waals surface area (Å²) in [4.78, 5) is 22.5. The highest BCUT2D eigenvalue weighted by Crippen LogP contribution is 2.14. The number of halogens is 1. The molecule has 0 saturated carbocycles. The molecule has 7 heteroatoms. The van der Waals surface area contributed by atoms with Gasteiger partial charge in [-0.1, -0.05) is 24.3 Å². The minimum absolute atomic E-state index is 0.00481. The lowest BCUT2D eigenvalue weighted by atomic mass is 10.2. The molecule has 6 nitrogen and oxygen atoms in total. The molecular weight excluding hydrogens is 313 g/mol. The van der Waals surface area contributed by atoms with Crippen LogP contribution in [0.1, 0.15) is 12.5 Å². The molecule has 2 rings (SSSR count). The fourth-order valence-corrected chi connectivity index (χ4v) is 1.77. The van der Waals surface area contributed by atoms with Gasteiger partial charge in [-0.3, -0.25) is 9.59 Å². The van der Waals surface area contributed by atoms with Crippen LogP contribution in [-0.2, 0) is 9.59 Å². The molecule has 0 spiro atoms. The molecule has 0 bridgehead atoms. The van der Waals surface area contributed by atoms with Gasteiger partial charge < -0.3 is 10.1 Å². The minimum atomic E-state index is -0.534. The average Bonchev–Trinajstić information content (AvgIpc) is 2.55. The maximum absolute atomic E-state index is 13.3. The summed E-state index contributed by atoms with van der Waals surface area (Å²) in [6.45, 7) is 1.08. The smallest absolute Gasteiger partial charge is 0.277 e. The second-order valence-electron chi connectivity index (χ2n) is 4.82. The third-order valence-corrected chi connectivity index (χ3v) is 2.83. The first-order chi connectivity index (χ1) is 11.5. The van der Waals surface area contributed by atoms with Crippen LogP contribution in [0.25, 0.3) is 0 Å². The van der Waals surface area contributed by atoms with E-state index in [-0.39, 0.29) is 18.3 Å². The third-order valence-electron chi connectivity index (χ3n) is 2.83. The molecule has 2 aromatic carbocycles. The summed E-state index contributed by atoms with van der Waals surface area (Å²) in [5.41, 5.74) is 3.69. The first-order valence-corrected chi connectivity index (χ1v) is 7.11.